The molecule has 0 spiro atoms. The van der Waals surface area contributed by atoms with Crippen molar-refractivity contribution in [2.24, 2.45) is 0 Å². The molecule has 0 aromatic rings. The van der Waals surface area contributed by atoms with E-state index in [2.05, 4.69) is 9.26 Å². The van der Waals surface area contributed by atoms with Crippen LogP contribution in [0.5, 0.6) is 0 Å². The molecule has 0 radical (unpaired) electrons. The first-order valence-corrected chi connectivity index (χ1v) is 5.79. The lowest BCUT2D eigenvalue weighted by atomic mass is 10.0. The lowest BCUT2D eigenvalue weighted by molar-refractivity contribution is -0.270. The highest BCUT2D eigenvalue weighted by Gasteiger charge is 2.44. The molecule has 96 valence electrons. The van der Waals surface area contributed by atoms with E-state index in [-0.39, 0.29) is 0 Å². The number of phosphoric ester groups is 1. The first-order valence-electron chi connectivity index (χ1n) is 4.26. The predicted octanol–water partition coefficient (Wildman–Crippen LogP) is -2.13. The second kappa shape index (κ2) is 5.03. The van der Waals surface area contributed by atoms with Gasteiger partial charge in [0.15, 0.2) is 12.5 Å². The lowest BCUT2D eigenvalue weighted by Crippen LogP contribution is -2.57. The fourth-order valence-corrected chi connectivity index (χ4v) is 1.56. The number of rotatable bonds is 3. The third kappa shape index (κ3) is 3.44. The molecule has 0 unspecified atom stereocenters. The van der Waals surface area contributed by atoms with Gasteiger partial charge in [0.2, 0.25) is 0 Å². The molecule has 0 amide bonds. The van der Waals surface area contributed by atoms with Gasteiger partial charge in [-0.3, -0.25) is 4.52 Å². The zero-order valence-corrected chi connectivity index (χ0v) is 8.77. The molecule has 8 nitrogen and oxygen atoms in total. The average molecular weight is 262 g/mol. The number of hydrogen-bond acceptors (Lipinski definition) is 6. The van der Waals surface area contributed by atoms with Crippen LogP contribution in [-0.2, 0) is 13.8 Å². The number of ether oxygens (including phenoxy) is 1. The van der Waals surface area contributed by atoms with E-state index in [1.165, 1.54) is 0 Å². The van der Waals surface area contributed by atoms with Crippen LogP contribution in [0.15, 0.2) is 0 Å². The van der Waals surface area contributed by atoms with Crippen molar-refractivity contribution in [2.75, 3.05) is 6.61 Å². The van der Waals surface area contributed by atoms with Crippen molar-refractivity contribution in [3.63, 3.8) is 0 Å². The van der Waals surface area contributed by atoms with E-state index >= 15 is 0 Å². The van der Waals surface area contributed by atoms with Gasteiger partial charge in [0.25, 0.3) is 0 Å². The first-order chi connectivity index (χ1) is 7.22. The van der Waals surface area contributed by atoms with Crippen LogP contribution >= 0.6 is 7.82 Å². The minimum atomic E-state index is -4.76. The highest BCUT2D eigenvalue weighted by atomic mass is 31.2. The van der Waals surface area contributed by atoms with Crippen LogP contribution in [0.3, 0.4) is 0 Å². The van der Waals surface area contributed by atoms with Crippen molar-refractivity contribution < 1.29 is 43.3 Å². The summed E-state index contributed by atoms with van der Waals surface area (Å²) < 4.78 is 31.7. The summed E-state index contributed by atoms with van der Waals surface area (Å²) in [6.07, 6.45) is -9.26. The van der Waals surface area contributed by atoms with Gasteiger partial charge in [-0.05, 0) is 0 Å². The molecular formula is C6H12FO8P. The van der Waals surface area contributed by atoms with E-state index in [1.807, 2.05) is 0 Å². The fraction of sp³-hybridized carbons (Fsp3) is 1.00. The van der Waals surface area contributed by atoms with Gasteiger partial charge in [-0.1, -0.05) is 0 Å². The normalized spacial score (nSPS) is 41.0. The standard InChI is InChI=1S/C6H12FO8P/c7-3-5(9)4(8)2(15-6(3)10)1-14-16(11,12)13/h2-6,8-10H,1H2,(H2,11,12,13)/t2-,3+,4-,5-,6+/m1/s1. The number of hydrogen-bond donors (Lipinski definition) is 5. The SMILES string of the molecule is O=P(O)(O)OC[C@H]1O[C@H](O)[C@@H](F)[C@@H](O)[C@@H]1O. The van der Waals surface area contributed by atoms with Crippen LogP contribution in [0, 0.1) is 0 Å². The Bertz CT molecular complexity index is 282. The second-order valence-electron chi connectivity index (χ2n) is 3.28. The van der Waals surface area contributed by atoms with Crippen molar-refractivity contribution in [3.05, 3.63) is 0 Å². The largest absolute Gasteiger partial charge is 0.469 e. The van der Waals surface area contributed by atoms with E-state index in [4.69, 9.17) is 20.0 Å². The molecule has 0 aliphatic carbocycles. The fourth-order valence-electron chi connectivity index (χ4n) is 1.22. The average Bonchev–Trinajstić information content (AvgIpc) is 2.17. The Balaban J connectivity index is 2.57. The Morgan fingerprint density at radius 1 is 1.25 bits per heavy atom. The summed E-state index contributed by atoms with van der Waals surface area (Å²) >= 11 is 0. The summed E-state index contributed by atoms with van der Waals surface area (Å²) in [6, 6.07) is 0. The molecule has 1 aliphatic heterocycles. The van der Waals surface area contributed by atoms with Crippen LogP contribution in [0.2, 0.25) is 0 Å². The summed E-state index contributed by atoms with van der Waals surface area (Å²) in [7, 11) is -4.76. The summed E-state index contributed by atoms with van der Waals surface area (Å²) in [4.78, 5) is 16.7. The monoisotopic (exact) mass is 262 g/mol. The van der Waals surface area contributed by atoms with Crippen molar-refractivity contribution in [1.82, 2.24) is 0 Å². The Hall–Kier alpha value is -0.120. The maximum Gasteiger partial charge on any atom is 0.469 e. The zero-order chi connectivity index (χ0) is 12.5. The highest BCUT2D eigenvalue weighted by Crippen LogP contribution is 2.36. The first kappa shape index (κ1) is 13.9. The van der Waals surface area contributed by atoms with E-state index in [1.54, 1.807) is 0 Å². The molecule has 0 saturated carbocycles. The summed E-state index contributed by atoms with van der Waals surface area (Å²) in [5.74, 6) is 0. The zero-order valence-electron chi connectivity index (χ0n) is 7.88. The lowest BCUT2D eigenvalue weighted by Gasteiger charge is -2.36. The third-order valence-electron chi connectivity index (χ3n) is 2.05. The van der Waals surface area contributed by atoms with E-state index < -0.39 is 45.2 Å². The van der Waals surface area contributed by atoms with Crippen LogP contribution < -0.4 is 0 Å². The molecular weight excluding hydrogens is 250 g/mol. The van der Waals surface area contributed by atoms with Crippen LogP contribution in [-0.4, -0.2) is 62.5 Å². The van der Waals surface area contributed by atoms with Gasteiger partial charge in [-0.25, -0.2) is 8.96 Å². The molecule has 0 aromatic heterocycles. The molecule has 0 aromatic carbocycles. The van der Waals surface area contributed by atoms with E-state index in [9.17, 15) is 14.1 Å². The van der Waals surface area contributed by atoms with Crippen LogP contribution in [0.4, 0.5) is 4.39 Å². The number of aliphatic hydroxyl groups excluding tert-OH is 3. The highest BCUT2D eigenvalue weighted by molar-refractivity contribution is 7.46. The van der Waals surface area contributed by atoms with Gasteiger partial charge in [-0.15, -0.1) is 0 Å². The minimum absolute atomic E-state index is 0.785. The van der Waals surface area contributed by atoms with Crippen molar-refractivity contribution in [2.45, 2.75) is 30.8 Å². The Morgan fingerprint density at radius 3 is 2.31 bits per heavy atom. The molecule has 10 heteroatoms. The number of aliphatic hydroxyl groups is 3. The molecule has 0 bridgehead atoms. The molecule has 1 rings (SSSR count). The summed E-state index contributed by atoms with van der Waals surface area (Å²) in [5, 5.41) is 27.3. The molecule has 1 saturated heterocycles. The van der Waals surface area contributed by atoms with Gasteiger partial charge in [-0.2, -0.15) is 0 Å². The Labute approximate surface area is 89.5 Å². The smallest absolute Gasteiger partial charge is 0.387 e. The number of phosphoric acid groups is 1. The maximum atomic E-state index is 12.9. The van der Waals surface area contributed by atoms with Gasteiger partial charge < -0.3 is 29.8 Å². The summed E-state index contributed by atoms with van der Waals surface area (Å²) in [6.45, 7) is -0.785. The third-order valence-corrected chi connectivity index (χ3v) is 2.54. The second-order valence-corrected chi connectivity index (χ2v) is 4.52. The van der Waals surface area contributed by atoms with Crippen LogP contribution in [0.1, 0.15) is 0 Å². The summed E-state index contributed by atoms with van der Waals surface area (Å²) in [5.41, 5.74) is 0. The molecule has 5 atom stereocenters. The van der Waals surface area contributed by atoms with Crippen LogP contribution in [0.25, 0.3) is 0 Å². The van der Waals surface area contributed by atoms with Gasteiger partial charge >= 0.3 is 7.82 Å². The number of alkyl halides is 1. The van der Waals surface area contributed by atoms with Gasteiger partial charge in [0.1, 0.15) is 18.3 Å². The van der Waals surface area contributed by atoms with Gasteiger partial charge in [0.05, 0.1) is 6.61 Å². The quantitative estimate of drug-likeness (QED) is 0.364. The van der Waals surface area contributed by atoms with Crippen molar-refractivity contribution in [3.8, 4) is 0 Å². The van der Waals surface area contributed by atoms with E-state index in [0.29, 0.717) is 0 Å². The van der Waals surface area contributed by atoms with E-state index in [0.717, 1.165) is 0 Å². The maximum absolute atomic E-state index is 12.9. The Kier molecular flexibility index (Phi) is 4.38. The minimum Gasteiger partial charge on any atom is -0.387 e. The molecule has 16 heavy (non-hydrogen) atoms. The molecule has 1 heterocycles. The van der Waals surface area contributed by atoms with Crippen molar-refractivity contribution in [1.29, 1.82) is 0 Å². The van der Waals surface area contributed by atoms with Crippen molar-refractivity contribution >= 4 is 7.82 Å². The molecule has 1 fully saturated rings. The molecule has 5 N–H and O–H groups in total. The van der Waals surface area contributed by atoms with Gasteiger partial charge in [0, 0.05) is 0 Å². The molecule has 1 aliphatic rings. The number of halogens is 1. The Morgan fingerprint density at radius 2 is 1.81 bits per heavy atom. The topological polar surface area (TPSA) is 137 Å². The predicted molar refractivity (Wildman–Crippen MR) is 45.8 cm³/mol.